The first-order valence-electron chi connectivity index (χ1n) is 5.08. The van der Waals surface area contributed by atoms with Crippen LogP contribution >= 0.6 is 8.07 Å². The third kappa shape index (κ3) is 3.47. The molecule has 0 aromatic heterocycles. The average molecular weight is 341 g/mol. The first-order chi connectivity index (χ1) is 8.64. The van der Waals surface area contributed by atoms with E-state index in [0.29, 0.717) is 0 Å². The second kappa shape index (κ2) is 5.82. The Balaban J connectivity index is 6.01. The minimum absolute atomic E-state index is 0.198. The van der Waals surface area contributed by atoms with E-state index in [2.05, 4.69) is 0 Å². The SMILES string of the molecule is CCN(CC)P(C(F)(F)C(F)(F)F)C(F)(F)C(F)(F)F. The molecule has 0 atom stereocenters. The molecule has 0 unspecified atom stereocenters. The molecule has 0 N–H and O–H groups in total. The summed E-state index contributed by atoms with van der Waals surface area (Å²) >= 11 is 0. The van der Waals surface area contributed by atoms with E-state index in [4.69, 9.17) is 0 Å². The first-order valence-corrected chi connectivity index (χ1v) is 6.38. The number of alkyl halides is 10. The lowest BCUT2D eigenvalue weighted by molar-refractivity contribution is -0.264. The second-order valence-corrected chi connectivity index (χ2v) is 5.84. The Morgan fingerprint density at radius 1 is 0.650 bits per heavy atom. The van der Waals surface area contributed by atoms with Crippen molar-refractivity contribution in [2.24, 2.45) is 0 Å². The van der Waals surface area contributed by atoms with Gasteiger partial charge in [-0.2, -0.15) is 43.9 Å². The number of rotatable bonds is 5. The van der Waals surface area contributed by atoms with Gasteiger partial charge in [0.2, 0.25) is 0 Å². The van der Waals surface area contributed by atoms with Gasteiger partial charge in [-0.15, -0.1) is 0 Å². The van der Waals surface area contributed by atoms with Crippen molar-refractivity contribution in [2.75, 3.05) is 13.1 Å². The largest absolute Gasteiger partial charge is 0.459 e. The maximum atomic E-state index is 13.1. The lowest BCUT2D eigenvalue weighted by Crippen LogP contribution is -2.49. The molecule has 0 aliphatic heterocycles. The summed E-state index contributed by atoms with van der Waals surface area (Å²) in [5.41, 5.74) is -12.3. The summed E-state index contributed by atoms with van der Waals surface area (Å²) in [6.45, 7) is 0.217. The van der Waals surface area contributed by atoms with Gasteiger partial charge in [-0.3, -0.25) is 4.67 Å². The van der Waals surface area contributed by atoms with Crippen LogP contribution in [0.15, 0.2) is 0 Å². The van der Waals surface area contributed by atoms with E-state index in [9.17, 15) is 43.9 Å². The van der Waals surface area contributed by atoms with Crippen LogP contribution in [0.4, 0.5) is 43.9 Å². The molecule has 0 bridgehead atoms. The Labute approximate surface area is 108 Å². The molecule has 0 saturated carbocycles. The van der Waals surface area contributed by atoms with E-state index < -0.39 is 44.8 Å². The second-order valence-electron chi connectivity index (χ2n) is 3.53. The van der Waals surface area contributed by atoms with Crippen LogP contribution in [0.3, 0.4) is 0 Å². The summed E-state index contributed by atoms with van der Waals surface area (Å²) in [6.07, 6.45) is -13.0. The Morgan fingerprint density at radius 2 is 0.900 bits per heavy atom. The molecule has 0 radical (unpaired) electrons. The van der Waals surface area contributed by atoms with Crippen LogP contribution in [-0.4, -0.2) is 41.4 Å². The quantitative estimate of drug-likeness (QED) is 0.500. The molecular formula is C8H10F10NP. The molecule has 0 aliphatic carbocycles. The van der Waals surface area contributed by atoms with Crippen molar-refractivity contribution >= 4 is 8.07 Å². The molecule has 0 heterocycles. The maximum absolute atomic E-state index is 13.1. The van der Waals surface area contributed by atoms with Gasteiger partial charge >= 0.3 is 23.7 Å². The lowest BCUT2D eigenvalue weighted by Gasteiger charge is -2.40. The maximum Gasteiger partial charge on any atom is 0.459 e. The normalized spacial score (nSPS) is 15.3. The van der Waals surface area contributed by atoms with Crippen molar-refractivity contribution in [2.45, 2.75) is 37.5 Å². The van der Waals surface area contributed by atoms with E-state index in [1.54, 1.807) is 0 Å². The predicted octanol–water partition coefficient (Wildman–Crippen LogP) is 5.04. The fraction of sp³-hybridized carbons (Fsp3) is 1.00. The highest BCUT2D eigenvalue weighted by atomic mass is 31.1. The smallest absolute Gasteiger partial charge is 0.272 e. The van der Waals surface area contributed by atoms with Crippen molar-refractivity contribution in [3.63, 3.8) is 0 Å². The molecule has 0 amide bonds. The third-order valence-corrected chi connectivity index (χ3v) is 4.93. The minimum atomic E-state index is -6.50. The number of halogens is 10. The molecule has 0 aromatic rings. The monoisotopic (exact) mass is 341 g/mol. The Bertz CT molecular complexity index is 292. The molecule has 1 nitrogen and oxygen atoms in total. The Kier molecular flexibility index (Phi) is 5.73. The fourth-order valence-corrected chi connectivity index (χ4v) is 3.39. The van der Waals surface area contributed by atoms with Crippen molar-refractivity contribution in [1.29, 1.82) is 0 Å². The predicted molar refractivity (Wildman–Crippen MR) is 51.8 cm³/mol. The Morgan fingerprint density at radius 3 is 1.05 bits per heavy atom. The zero-order valence-electron chi connectivity index (χ0n) is 10.1. The highest BCUT2D eigenvalue weighted by molar-refractivity contribution is 7.57. The van der Waals surface area contributed by atoms with Crippen LogP contribution in [0.1, 0.15) is 13.8 Å². The molecule has 0 aliphatic rings. The van der Waals surface area contributed by atoms with E-state index in [1.807, 2.05) is 0 Å². The summed E-state index contributed by atoms with van der Waals surface area (Å²) in [6, 6.07) is 0. The van der Waals surface area contributed by atoms with Crippen LogP contribution in [0.5, 0.6) is 0 Å². The number of hydrogen-bond donors (Lipinski definition) is 0. The standard InChI is InChI=1S/C8H10F10NP/c1-3-19(4-2)20(7(15,16)5(9,10)11)8(17,18)6(12,13)14/h3-4H2,1-2H3. The molecule has 0 spiro atoms. The topological polar surface area (TPSA) is 3.24 Å². The molecule has 0 fully saturated rings. The van der Waals surface area contributed by atoms with E-state index >= 15 is 0 Å². The van der Waals surface area contributed by atoms with E-state index in [1.165, 1.54) is 0 Å². The van der Waals surface area contributed by atoms with Gasteiger partial charge in [-0.25, -0.2) is 0 Å². The van der Waals surface area contributed by atoms with Crippen LogP contribution < -0.4 is 0 Å². The van der Waals surface area contributed by atoms with E-state index in [0.717, 1.165) is 13.8 Å². The summed E-state index contributed by atoms with van der Waals surface area (Å²) < 4.78 is 125. The highest BCUT2D eigenvalue weighted by Crippen LogP contribution is 2.72. The van der Waals surface area contributed by atoms with Gasteiger partial charge in [-0.1, -0.05) is 13.8 Å². The van der Waals surface area contributed by atoms with Gasteiger partial charge in [-0.05, 0) is 13.1 Å². The zero-order chi connectivity index (χ0) is 16.6. The minimum Gasteiger partial charge on any atom is -0.272 e. The first kappa shape index (κ1) is 19.7. The molecule has 12 heteroatoms. The third-order valence-electron chi connectivity index (χ3n) is 2.23. The van der Waals surface area contributed by atoms with Gasteiger partial charge in [0.05, 0.1) is 0 Å². The molecule has 20 heavy (non-hydrogen) atoms. The van der Waals surface area contributed by atoms with Crippen LogP contribution in [0, 0.1) is 0 Å². The fourth-order valence-electron chi connectivity index (χ4n) is 1.28. The Hall–Kier alpha value is -0.310. The zero-order valence-corrected chi connectivity index (χ0v) is 11.0. The molecule has 122 valence electrons. The lowest BCUT2D eigenvalue weighted by atomic mass is 10.6. The average Bonchev–Trinajstić information content (AvgIpc) is 2.21. The van der Waals surface area contributed by atoms with Crippen molar-refractivity contribution in [3.8, 4) is 0 Å². The molecule has 0 saturated heterocycles. The van der Waals surface area contributed by atoms with Crippen molar-refractivity contribution < 1.29 is 43.9 Å². The van der Waals surface area contributed by atoms with E-state index in [-0.39, 0.29) is 4.67 Å². The highest BCUT2D eigenvalue weighted by Gasteiger charge is 2.77. The van der Waals surface area contributed by atoms with Gasteiger partial charge in [0.25, 0.3) is 0 Å². The van der Waals surface area contributed by atoms with Gasteiger partial charge in [0.15, 0.2) is 0 Å². The van der Waals surface area contributed by atoms with Gasteiger partial charge in [0, 0.05) is 0 Å². The van der Waals surface area contributed by atoms with Gasteiger partial charge < -0.3 is 0 Å². The molecular weight excluding hydrogens is 331 g/mol. The summed E-state index contributed by atoms with van der Waals surface area (Å²) in [5, 5.41) is 0. The summed E-state index contributed by atoms with van der Waals surface area (Å²) in [4.78, 5) is 0. The van der Waals surface area contributed by atoms with Crippen LogP contribution in [0.2, 0.25) is 0 Å². The van der Waals surface area contributed by atoms with Gasteiger partial charge in [0.1, 0.15) is 8.07 Å². The summed E-state index contributed by atoms with van der Waals surface area (Å²) in [5.74, 6) is 0. The van der Waals surface area contributed by atoms with Crippen LogP contribution in [-0.2, 0) is 0 Å². The van der Waals surface area contributed by atoms with Crippen molar-refractivity contribution in [1.82, 2.24) is 4.67 Å². The van der Waals surface area contributed by atoms with Crippen LogP contribution in [0.25, 0.3) is 0 Å². The van der Waals surface area contributed by atoms with Crippen molar-refractivity contribution in [3.05, 3.63) is 0 Å². The number of hydrogen-bond acceptors (Lipinski definition) is 1. The molecule has 0 rings (SSSR count). The molecule has 0 aromatic carbocycles. The number of nitrogens with zero attached hydrogens (tertiary/aromatic N) is 1. The summed E-state index contributed by atoms with van der Waals surface area (Å²) in [7, 11) is -5.17.